The zero-order valence-corrected chi connectivity index (χ0v) is 14.4. The highest BCUT2D eigenvalue weighted by Crippen LogP contribution is 2.35. The smallest absolute Gasteiger partial charge is 0.358 e. The van der Waals surface area contributed by atoms with E-state index in [0.29, 0.717) is 12.5 Å². The van der Waals surface area contributed by atoms with Gasteiger partial charge in [-0.15, -0.1) is 5.10 Å². The van der Waals surface area contributed by atoms with Crippen molar-refractivity contribution >= 4 is 11.9 Å². The SMILES string of the molecule is CCc1ccc([C@H]2C[C@@H](C)CCN2C(=O)Cn2cc(C(=O)O)nn2)o1. The van der Waals surface area contributed by atoms with Crippen LogP contribution in [0, 0.1) is 5.92 Å². The number of furan rings is 1. The van der Waals surface area contributed by atoms with Gasteiger partial charge in [-0.2, -0.15) is 0 Å². The fraction of sp³-hybridized carbons (Fsp3) is 0.529. The summed E-state index contributed by atoms with van der Waals surface area (Å²) in [6, 6.07) is 3.80. The van der Waals surface area contributed by atoms with Crippen molar-refractivity contribution in [3.8, 4) is 0 Å². The predicted molar refractivity (Wildman–Crippen MR) is 87.9 cm³/mol. The predicted octanol–water partition coefficient (Wildman–Crippen LogP) is 2.13. The zero-order chi connectivity index (χ0) is 18.0. The Morgan fingerprint density at radius 2 is 2.20 bits per heavy atom. The maximum absolute atomic E-state index is 12.8. The van der Waals surface area contributed by atoms with Crippen molar-refractivity contribution in [1.29, 1.82) is 0 Å². The van der Waals surface area contributed by atoms with Gasteiger partial charge in [0.15, 0.2) is 5.69 Å². The second-order valence-corrected chi connectivity index (χ2v) is 6.50. The Hall–Kier alpha value is -2.64. The van der Waals surface area contributed by atoms with Crippen LogP contribution in [-0.2, 0) is 17.8 Å². The van der Waals surface area contributed by atoms with Crippen molar-refractivity contribution < 1.29 is 19.1 Å². The van der Waals surface area contributed by atoms with Crippen LogP contribution >= 0.6 is 0 Å². The quantitative estimate of drug-likeness (QED) is 0.890. The molecule has 25 heavy (non-hydrogen) atoms. The molecule has 1 fully saturated rings. The lowest BCUT2D eigenvalue weighted by Crippen LogP contribution is -2.42. The van der Waals surface area contributed by atoms with Crippen LogP contribution in [0.4, 0.5) is 0 Å². The highest BCUT2D eigenvalue weighted by Gasteiger charge is 2.33. The summed E-state index contributed by atoms with van der Waals surface area (Å²) in [6.07, 6.45) is 3.86. The first-order valence-electron chi connectivity index (χ1n) is 8.49. The van der Waals surface area contributed by atoms with Crippen LogP contribution in [0.1, 0.15) is 54.7 Å². The van der Waals surface area contributed by atoms with E-state index < -0.39 is 5.97 Å². The van der Waals surface area contributed by atoms with Crippen LogP contribution in [0.5, 0.6) is 0 Å². The van der Waals surface area contributed by atoms with Crippen molar-refractivity contribution in [1.82, 2.24) is 19.9 Å². The van der Waals surface area contributed by atoms with Crippen LogP contribution in [0.3, 0.4) is 0 Å². The maximum Gasteiger partial charge on any atom is 0.358 e. The van der Waals surface area contributed by atoms with E-state index in [-0.39, 0.29) is 24.2 Å². The van der Waals surface area contributed by atoms with Crippen LogP contribution in [0.2, 0.25) is 0 Å². The Morgan fingerprint density at radius 1 is 1.40 bits per heavy atom. The van der Waals surface area contributed by atoms with Gasteiger partial charge in [0.1, 0.15) is 18.1 Å². The number of carboxylic acids is 1. The fourth-order valence-electron chi connectivity index (χ4n) is 3.18. The molecule has 3 rings (SSSR count). The summed E-state index contributed by atoms with van der Waals surface area (Å²) in [5, 5.41) is 16.2. The molecule has 2 atom stereocenters. The fourth-order valence-corrected chi connectivity index (χ4v) is 3.18. The van der Waals surface area contributed by atoms with Gasteiger partial charge in [0, 0.05) is 13.0 Å². The molecule has 0 spiro atoms. The summed E-state index contributed by atoms with van der Waals surface area (Å²) in [6.45, 7) is 4.81. The van der Waals surface area contributed by atoms with E-state index >= 15 is 0 Å². The van der Waals surface area contributed by atoms with Crippen LogP contribution in [0.15, 0.2) is 22.7 Å². The van der Waals surface area contributed by atoms with Gasteiger partial charge < -0.3 is 14.4 Å². The Bertz CT molecular complexity index is 766. The number of carbonyl (C=O) groups is 2. The van der Waals surface area contributed by atoms with E-state index in [1.54, 1.807) is 4.90 Å². The maximum atomic E-state index is 12.8. The van der Waals surface area contributed by atoms with E-state index in [1.165, 1.54) is 10.9 Å². The third-order valence-corrected chi connectivity index (χ3v) is 4.60. The lowest BCUT2D eigenvalue weighted by molar-refractivity contribution is -0.137. The Labute approximate surface area is 145 Å². The van der Waals surface area contributed by atoms with Crippen LogP contribution in [-0.4, -0.2) is 43.4 Å². The Morgan fingerprint density at radius 3 is 2.84 bits per heavy atom. The third kappa shape index (κ3) is 3.72. The molecule has 2 aromatic rings. The zero-order valence-electron chi connectivity index (χ0n) is 14.4. The molecule has 0 aliphatic carbocycles. The number of aryl methyl sites for hydroxylation is 1. The lowest BCUT2D eigenvalue weighted by Gasteiger charge is -2.37. The molecule has 0 unspecified atom stereocenters. The molecular formula is C17H22N4O4. The van der Waals surface area contributed by atoms with Gasteiger partial charge in [-0.05, 0) is 30.9 Å². The summed E-state index contributed by atoms with van der Waals surface area (Å²) in [5.74, 6) is 0.943. The topological polar surface area (TPSA) is 101 Å². The first-order valence-corrected chi connectivity index (χ1v) is 8.49. The number of hydrogen-bond acceptors (Lipinski definition) is 5. The van der Waals surface area contributed by atoms with Gasteiger partial charge in [-0.3, -0.25) is 4.79 Å². The number of hydrogen-bond donors (Lipinski definition) is 1. The van der Waals surface area contributed by atoms with Crippen molar-refractivity contribution in [2.75, 3.05) is 6.54 Å². The van der Waals surface area contributed by atoms with Crippen molar-refractivity contribution in [2.24, 2.45) is 5.92 Å². The van der Waals surface area contributed by atoms with Gasteiger partial charge in [-0.25, -0.2) is 9.48 Å². The first kappa shape index (κ1) is 17.2. The molecule has 1 amide bonds. The lowest BCUT2D eigenvalue weighted by atomic mass is 9.91. The monoisotopic (exact) mass is 346 g/mol. The minimum atomic E-state index is -1.16. The van der Waals surface area contributed by atoms with E-state index in [9.17, 15) is 9.59 Å². The number of piperidine rings is 1. The number of carboxylic acid groups (broad SMARTS) is 1. The normalized spacial score (nSPS) is 20.6. The van der Waals surface area contributed by atoms with Crippen LogP contribution < -0.4 is 0 Å². The summed E-state index contributed by atoms with van der Waals surface area (Å²) < 4.78 is 7.14. The van der Waals surface area contributed by atoms with Gasteiger partial charge >= 0.3 is 5.97 Å². The molecule has 1 N–H and O–H groups in total. The molecule has 1 aliphatic rings. The highest BCUT2D eigenvalue weighted by atomic mass is 16.4. The molecule has 0 bridgehead atoms. The van der Waals surface area contributed by atoms with E-state index in [1.807, 2.05) is 19.1 Å². The number of nitrogens with zero attached hydrogens (tertiary/aromatic N) is 4. The number of aromatic nitrogens is 3. The number of likely N-dealkylation sites (tertiary alicyclic amines) is 1. The van der Waals surface area contributed by atoms with Crippen molar-refractivity contribution in [3.05, 3.63) is 35.5 Å². The molecule has 0 radical (unpaired) electrons. The van der Waals surface area contributed by atoms with E-state index in [2.05, 4.69) is 17.2 Å². The Balaban J connectivity index is 1.76. The number of aromatic carboxylic acids is 1. The largest absolute Gasteiger partial charge is 0.476 e. The van der Waals surface area contributed by atoms with E-state index in [4.69, 9.17) is 9.52 Å². The number of rotatable bonds is 5. The highest BCUT2D eigenvalue weighted by molar-refractivity contribution is 5.84. The second-order valence-electron chi connectivity index (χ2n) is 6.50. The minimum absolute atomic E-state index is 0.0352. The second kappa shape index (κ2) is 7.08. The molecule has 2 aromatic heterocycles. The average Bonchev–Trinajstić information content (AvgIpc) is 3.23. The van der Waals surface area contributed by atoms with Crippen LogP contribution in [0.25, 0.3) is 0 Å². The minimum Gasteiger partial charge on any atom is -0.476 e. The van der Waals surface area contributed by atoms with Gasteiger partial charge in [0.2, 0.25) is 5.91 Å². The standard InChI is InChI=1S/C17H22N4O4/c1-3-12-4-5-15(25-12)14-8-11(2)6-7-21(14)16(22)10-20-9-13(17(23)24)18-19-20/h4-5,9,11,14H,3,6-8,10H2,1-2H3,(H,23,24)/t11-,14+/m0/s1. The molecule has 1 saturated heterocycles. The molecule has 134 valence electrons. The van der Waals surface area contributed by atoms with Gasteiger partial charge in [0.25, 0.3) is 0 Å². The van der Waals surface area contributed by atoms with Gasteiger partial charge in [-0.1, -0.05) is 19.1 Å². The van der Waals surface area contributed by atoms with Gasteiger partial charge in [0.05, 0.1) is 12.2 Å². The molecule has 0 saturated carbocycles. The van der Waals surface area contributed by atoms with Crippen molar-refractivity contribution in [3.63, 3.8) is 0 Å². The first-order chi connectivity index (χ1) is 12.0. The van der Waals surface area contributed by atoms with E-state index in [0.717, 1.165) is 30.8 Å². The summed E-state index contributed by atoms with van der Waals surface area (Å²) in [7, 11) is 0. The molecule has 8 nitrogen and oxygen atoms in total. The molecule has 3 heterocycles. The number of carbonyl (C=O) groups excluding carboxylic acids is 1. The molecule has 8 heteroatoms. The van der Waals surface area contributed by atoms with Crippen molar-refractivity contribution in [2.45, 2.75) is 45.7 Å². The summed E-state index contributed by atoms with van der Waals surface area (Å²) in [5.41, 5.74) is -0.171. The average molecular weight is 346 g/mol. The third-order valence-electron chi connectivity index (χ3n) is 4.60. The summed E-state index contributed by atoms with van der Waals surface area (Å²) >= 11 is 0. The molecule has 1 aliphatic heterocycles. The summed E-state index contributed by atoms with van der Waals surface area (Å²) in [4.78, 5) is 25.4. The molecular weight excluding hydrogens is 324 g/mol. The molecule has 0 aromatic carbocycles. The Kier molecular flexibility index (Phi) is 4.87. The number of amides is 1.